The van der Waals surface area contributed by atoms with Crippen molar-refractivity contribution in [3.05, 3.63) is 78.0 Å². The highest BCUT2D eigenvalue weighted by molar-refractivity contribution is 5.78. The molecule has 0 aliphatic heterocycles. The first-order valence-corrected chi connectivity index (χ1v) is 12.4. The minimum absolute atomic E-state index is 0.00820. The third-order valence-corrected chi connectivity index (χ3v) is 6.43. The smallest absolute Gasteiger partial charge is 0.417 e. The molecule has 0 N–H and O–H groups in total. The summed E-state index contributed by atoms with van der Waals surface area (Å²) in [6.07, 6.45) is -1.27. The number of carbonyl (C=O) groups is 1. The van der Waals surface area contributed by atoms with Crippen LogP contribution in [-0.2, 0) is 16.1 Å². The fourth-order valence-corrected chi connectivity index (χ4v) is 4.30. The second-order valence-electron chi connectivity index (χ2n) is 9.19. The highest BCUT2D eigenvalue weighted by atomic mass is 19.4. The molecule has 1 saturated carbocycles. The van der Waals surface area contributed by atoms with Crippen molar-refractivity contribution >= 4 is 11.5 Å². The van der Waals surface area contributed by atoms with Crippen molar-refractivity contribution in [1.29, 1.82) is 0 Å². The van der Waals surface area contributed by atoms with Gasteiger partial charge >= 0.3 is 12.1 Å². The Kier molecular flexibility index (Phi) is 8.52. The standard InChI is InChI=1S/C29H28F4N2O4/c1-4-38-26(36)14-23(18-8-9-18)19-6-5-7-22(12-19)39-16-20-15-34-28(27(35-20)17(2)29(31,32)33)24-13-21(37-3)10-11-25(24)30/h5-7,10-13,15,18,23H,2,4,8-9,14,16H2,1,3H3/t23-/m0/s1. The number of aromatic nitrogens is 2. The van der Waals surface area contributed by atoms with Crippen LogP contribution >= 0.6 is 0 Å². The predicted octanol–water partition coefficient (Wildman–Crippen LogP) is 6.89. The van der Waals surface area contributed by atoms with Crippen LogP contribution in [0.2, 0.25) is 0 Å². The molecule has 1 atom stereocenters. The van der Waals surface area contributed by atoms with E-state index in [9.17, 15) is 22.4 Å². The zero-order valence-corrected chi connectivity index (χ0v) is 21.6. The summed E-state index contributed by atoms with van der Waals surface area (Å²) in [6.45, 7) is 5.02. The molecule has 0 saturated heterocycles. The number of ether oxygens (including phenoxy) is 3. The Morgan fingerprint density at radius 2 is 1.92 bits per heavy atom. The van der Waals surface area contributed by atoms with Crippen LogP contribution < -0.4 is 9.47 Å². The van der Waals surface area contributed by atoms with Crippen molar-refractivity contribution < 1.29 is 36.6 Å². The Morgan fingerprint density at radius 3 is 2.59 bits per heavy atom. The fourth-order valence-electron chi connectivity index (χ4n) is 4.30. The van der Waals surface area contributed by atoms with Crippen molar-refractivity contribution in [3.63, 3.8) is 0 Å². The Bertz CT molecular complexity index is 1360. The summed E-state index contributed by atoms with van der Waals surface area (Å²) in [5.41, 5.74) is -1.36. The summed E-state index contributed by atoms with van der Waals surface area (Å²) in [5, 5.41) is 0. The first kappa shape index (κ1) is 28.1. The van der Waals surface area contributed by atoms with Gasteiger partial charge in [-0.15, -0.1) is 0 Å². The van der Waals surface area contributed by atoms with Crippen molar-refractivity contribution in [2.24, 2.45) is 5.92 Å². The average molecular weight is 545 g/mol. The van der Waals surface area contributed by atoms with E-state index in [0.29, 0.717) is 18.3 Å². The summed E-state index contributed by atoms with van der Waals surface area (Å²) >= 11 is 0. The van der Waals surface area contributed by atoms with Gasteiger partial charge in [0.05, 0.1) is 43.3 Å². The normalized spacial score (nSPS) is 14.0. The van der Waals surface area contributed by atoms with Gasteiger partial charge in [-0.3, -0.25) is 9.78 Å². The summed E-state index contributed by atoms with van der Waals surface area (Å²) in [5.74, 6) is 0.0396. The number of esters is 1. The minimum Gasteiger partial charge on any atom is -0.497 e. The number of hydrogen-bond donors (Lipinski definition) is 0. The van der Waals surface area contributed by atoms with Gasteiger partial charge in [0.2, 0.25) is 0 Å². The number of carbonyl (C=O) groups excluding carboxylic acids is 1. The van der Waals surface area contributed by atoms with E-state index in [0.717, 1.165) is 24.5 Å². The predicted molar refractivity (Wildman–Crippen MR) is 137 cm³/mol. The molecule has 0 bridgehead atoms. The van der Waals surface area contributed by atoms with E-state index in [2.05, 4.69) is 16.5 Å². The van der Waals surface area contributed by atoms with Crippen LogP contribution in [0.15, 0.2) is 55.2 Å². The van der Waals surface area contributed by atoms with Crippen LogP contribution in [0.4, 0.5) is 17.6 Å². The van der Waals surface area contributed by atoms with E-state index in [4.69, 9.17) is 14.2 Å². The van der Waals surface area contributed by atoms with Gasteiger partial charge in [-0.25, -0.2) is 9.37 Å². The molecule has 3 aromatic rings. The second-order valence-corrected chi connectivity index (χ2v) is 9.19. The van der Waals surface area contributed by atoms with Crippen LogP contribution in [0.3, 0.4) is 0 Å². The van der Waals surface area contributed by atoms with Crippen LogP contribution in [0.5, 0.6) is 11.5 Å². The highest BCUT2D eigenvalue weighted by Crippen LogP contribution is 2.45. The monoisotopic (exact) mass is 544 g/mol. The van der Waals surface area contributed by atoms with Gasteiger partial charge in [0.15, 0.2) is 0 Å². The zero-order chi connectivity index (χ0) is 28.2. The maximum atomic E-state index is 14.6. The lowest BCUT2D eigenvalue weighted by Crippen LogP contribution is -2.14. The molecule has 10 heteroatoms. The Labute approximate surface area is 223 Å². The number of allylic oxidation sites excluding steroid dienone is 1. The number of rotatable bonds is 11. The highest BCUT2D eigenvalue weighted by Gasteiger charge is 2.37. The lowest BCUT2D eigenvalue weighted by molar-refractivity contribution is -0.143. The molecular weight excluding hydrogens is 516 g/mol. The largest absolute Gasteiger partial charge is 0.497 e. The van der Waals surface area contributed by atoms with Crippen molar-refractivity contribution in [2.45, 2.75) is 44.9 Å². The van der Waals surface area contributed by atoms with Crippen molar-refractivity contribution in [1.82, 2.24) is 9.97 Å². The molecule has 1 heterocycles. The van der Waals surface area contributed by atoms with Gasteiger partial charge < -0.3 is 14.2 Å². The van der Waals surface area contributed by atoms with Crippen LogP contribution in [0, 0.1) is 11.7 Å². The molecule has 0 unspecified atom stereocenters. The molecule has 0 amide bonds. The van der Waals surface area contributed by atoms with E-state index in [1.165, 1.54) is 25.4 Å². The summed E-state index contributed by atoms with van der Waals surface area (Å²) in [6, 6.07) is 10.9. The van der Waals surface area contributed by atoms with Gasteiger partial charge in [-0.2, -0.15) is 13.2 Å². The number of hydrogen-bond acceptors (Lipinski definition) is 6. The number of methoxy groups -OCH3 is 1. The molecular formula is C29H28F4N2O4. The van der Waals surface area contributed by atoms with Crippen LogP contribution in [0.1, 0.15) is 49.1 Å². The fraction of sp³-hybridized carbons (Fsp3) is 0.345. The van der Waals surface area contributed by atoms with E-state index < -0.39 is 23.3 Å². The SMILES string of the molecule is C=C(c1nc(COc2cccc([C@@H](CC(=O)OCC)C3CC3)c2)cnc1-c1cc(OC)ccc1F)C(F)(F)F. The van der Waals surface area contributed by atoms with E-state index in [1.54, 1.807) is 19.1 Å². The third kappa shape index (κ3) is 6.93. The lowest BCUT2D eigenvalue weighted by Gasteiger charge is -2.17. The maximum absolute atomic E-state index is 14.6. The van der Waals surface area contributed by atoms with E-state index >= 15 is 0 Å². The minimum atomic E-state index is -4.82. The number of benzene rings is 2. The second kappa shape index (κ2) is 11.8. The Balaban J connectivity index is 1.59. The molecule has 206 valence electrons. The van der Waals surface area contributed by atoms with E-state index in [1.807, 2.05) is 12.1 Å². The van der Waals surface area contributed by atoms with Gasteiger partial charge in [-0.1, -0.05) is 18.7 Å². The summed E-state index contributed by atoms with van der Waals surface area (Å²) in [4.78, 5) is 20.3. The third-order valence-electron chi connectivity index (χ3n) is 6.43. The topological polar surface area (TPSA) is 70.5 Å². The van der Waals surface area contributed by atoms with Crippen molar-refractivity contribution in [3.8, 4) is 22.8 Å². The summed E-state index contributed by atoms with van der Waals surface area (Å²) < 4.78 is 71.6. The molecule has 39 heavy (non-hydrogen) atoms. The number of halogens is 4. The molecule has 0 spiro atoms. The molecule has 0 radical (unpaired) electrons. The molecule has 4 rings (SSSR count). The first-order chi connectivity index (χ1) is 18.6. The molecule has 6 nitrogen and oxygen atoms in total. The van der Waals surface area contributed by atoms with Crippen molar-refractivity contribution in [2.75, 3.05) is 13.7 Å². The quantitative estimate of drug-likeness (QED) is 0.193. The molecule has 1 aliphatic rings. The average Bonchev–Trinajstić information content (AvgIpc) is 3.76. The van der Waals surface area contributed by atoms with E-state index in [-0.39, 0.29) is 47.6 Å². The number of nitrogens with zero attached hydrogens (tertiary/aromatic N) is 2. The Hall–Kier alpha value is -3.95. The number of alkyl halides is 3. The zero-order valence-electron chi connectivity index (χ0n) is 21.6. The first-order valence-electron chi connectivity index (χ1n) is 12.4. The lowest BCUT2D eigenvalue weighted by atomic mass is 9.91. The maximum Gasteiger partial charge on any atom is 0.417 e. The molecule has 1 fully saturated rings. The van der Waals surface area contributed by atoms with Gasteiger partial charge in [-0.05, 0) is 67.5 Å². The molecule has 1 aromatic heterocycles. The molecule has 1 aliphatic carbocycles. The Morgan fingerprint density at radius 1 is 1.15 bits per heavy atom. The van der Waals surface area contributed by atoms with Gasteiger partial charge in [0, 0.05) is 5.56 Å². The molecule has 2 aromatic carbocycles. The van der Waals surface area contributed by atoms with Crippen LogP contribution in [0.25, 0.3) is 16.8 Å². The van der Waals surface area contributed by atoms with Gasteiger partial charge in [0.1, 0.15) is 29.6 Å². The van der Waals surface area contributed by atoms with Gasteiger partial charge in [0.25, 0.3) is 0 Å². The van der Waals surface area contributed by atoms with Crippen LogP contribution in [-0.4, -0.2) is 35.8 Å². The summed E-state index contributed by atoms with van der Waals surface area (Å²) in [7, 11) is 1.36.